The van der Waals surface area contributed by atoms with E-state index in [2.05, 4.69) is 26.7 Å². The average Bonchev–Trinajstić information content (AvgIpc) is 2.43. The zero-order valence-corrected chi connectivity index (χ0v) is 7.63. The van der Waals surface area contributed by atoms with E-state index in [1.54, 1.807) is 6.07 Å². The Morgan fingerprint density at radius 1 is 1.45 bits per heavy atom. The van der Waals surface area contributed by atoms with E-state index in [4.69, 9.17) is 10.8 Å². The molecule has 11 heavy (non-hydrogen) atoms. The summed E-state index contributed by atoms with van der Waals surface area (Å²) in [6, 6.07) is 1.55. The van der Waals surface area contributed by atoms with Crippen molar-refractivity contribution in [2.75, 3.05) is 0 Å². The van der Waals surface area contributed by atoms with Crippen LogP contribution < -0.4 is 51.5 Å². The van der Waals surface area contributed by atoms with Gasteiger partial charge in [0.15, 0.2) is 6.07 Å². The SMILES string of the molecule is N#CC(=[N+]=[N-])[C]1[N][N][N][N]1.[Na+]. The standard InChI is InChI=1S/C3N7.Na/c4-1-2(6-5)3-7-9-10-8-3;/q;+1. The van der Waals surface area contributed by atoms with Crippen molar-refractivity contribution in [3.05, 3.63) is 11.7 Å². The molecular formula is C3N7Na+. The zero-order chi connectivity index (χ0) is 7.40. The third kappa shape index (κ3) is 2.67. The van der Waals surface area contributed by atoms with Crippen LogP contribution in [-0.2, 0) is 0 Å². The summed E-state index contributed by atoms with van der Waals surface area (Å²) in [4.78, 5) is 2.60. The second-order valence-corrected chi connectivity index (χ2v) is 1.26. The van der Waals surface area contributed by atoms with Crippen LogP contribution in [-0.4, -0.2) is 10.5 Å². The quantitative estimate of drug-likeness (QED) is 0.161. The molecule has 47 valence electrons. The summed E-state index contributed by atoms with van der Waals surface area (Å²) in [7, 11) is 0. The molecule has 0 aliphatic carbocycles. The molecule has 1 rings (SSSR count). The van der Waals surface area contributed by atoms with Crippen LogP contribution in [0.5, 0.6) is 0 Å². The van der Waals surface area contributed by atoms with Crippen LogP contribution in [0.3, 0.4) is 0 Å². The molecule has 0 spiro atoms. The largest absolute Gasteiger partial charge is 1.00 e. The Hall–Kier alpha value is -0.290. The van der Waals surface area contributed by atoms with E-state index in [9.17, 15) is 0 Å². The molecule has 1 saturated heterocycles. The number of hydrogen-bond donors (Lipinski definition) is 0. The van der Waals surface area contributed by atoms with Gasteiger partial charge in [0.1, 0.15) is 0 Å². The first kappa shape index (κ1) is 10.7. The van der Waals surface area contributed by atoms with Crippen molar-refractivity contribution in [2.24, 2.45) is 0 Å². The molecule has 1 aliphatic rings. The smallest absolute Gasteiger partial charge is 0.360 e. The first-order chi connectivity index (χ1) is 4.88. The van der Waals surface area contributed by atoms with Gasteiger partial charge in [-0.3, -0.25) is 0 Å². The fraction of sp³-hybridized carbons (Fsp3) is 0. The predicted molar refractivity (Wildman–Crippen MR) is 26.0 cm³/mol. The van der Waals surface area contributed by atoms with Gasteiger partial charge in [0.25, 0.3) is 0 Å². The Morgan fingerprint density at radius 3 is 2.36 bits per heavy atom. The molecular weight excluding hydrogens is 157 g/mol. The topological polar surface area (TPSA) is 117 Å². The number of hydrogen-bond acceptors (Lipinski definition) is 1. The summed E-state index contributed by atoms with van der Waals surface area (Å²) in [5.74, 6) is 0. The van der Waals surface area contributed by atoms with Gasteiger partial charge < -0.3 is 5.53 Å². The predicted octanol–water partition coefficient (Wildman–Crippen LogP) is -5.15. The summed E-state index contributed by atoms with van der Waals surface area (Å²) >= 11 is 0. The van der Waals surface area contributed by atoms with Crippen LogP contribution >= 0.6 is 0 Å². The molecule has 0 unspecified atom stereocenters. The van der Waals surface area contributed by atoms with Crippen LogP contribution in [0.15, 0.2) is 0 Å². The van der Waals surface area contributed by atoms with Crippen molar-refractivity contribution in [1.82, 2.24) is 21.9 Å². The monoisotopic (exact) mass is 157 g/mol. The van der Waals surface area contributed by atoms with E-state index < -0.39 is 0 Å². The third-order valence-electron chi connectivity index (χ3n) is 0.737. The Morgan fingerprint density at radius 2 is 2.00 bits per heavy atom. The molecule has 0 amide bonds. The summed E-state index contributed by atoms with van der Waals surface area (Å²) in [5, 5.41) is 8.22. The van der Waals surface area contributed by atoms with Gasteiger partial charge >= 0.3 is 41.4 Å². The van der Waals surface area contributed by atoms with Gasteiger partial charge in [-0.1, -0.05) is 10.9 Å². The van der Waals surface area contributed by atoms with Gasteiger partial charge in [-0.2, -0.15) is 10.1 Å². The van der Waals surface area contributed by atoms with Gasteiger partial charge in [0.2, 0.25) is 0 Å². The molecule has 0 N–H and O–H groups in total. The van der Waals surface area contributed by atoms with E-state index in [1.807, 2.05) is 0 Å². The first-order valence-corrected chi connectivity index (χ1v) is 2.19. The maximum Gasteiger partial charge on any atom is 1.00 e. The van der Waals surface area contributed by atoms with Crippen molar-refractivity contribution in [3.63, 3.8) is 0 Å². The molecule has 0 aromatic rings. The zero-order valence-electron chi connectivity index (χ0n) is 5.63. The molecule has 7 nitrogen and oxygen atoms in total. The fourth-order valence-corrected chi connectivity index (χ4v) is 0.357. The Bertz CT molecular complexity index is 206. The van der Waals surface area contributed by atoms with Gasteiger partial charge in [-0.15, -0.1) is 0 Å². The van der Waals surface area contributed by atoms with Crippen LogP contribution in [0.1, 0.15) is 0 Å². The normalized spacial score (nSPS) is 16.3. The number of rotatable bonds is 1. The fourth-order valence-electron chi connectivity index (χ4n) is 0.357. The van der Waals surface area contributed by atoms with Crippen molar-refractivity contribution >= 4 is 5.71 Å². The number of nitrogens with zero attached hydrogens (tertiary/aromatic N) is 7. The van der Waals surface area contributed by atoms with Crippen LogP contribution in [0, 0.1) is 17.5 Å². The van der Waals surface area contributed by atoms with E-state index in [-0.39, 0.29) is 41.4 Å². The second-order valence-electron chi connectivity index (χ2n) is 1.26. The minimum Gasteiger partial charge on any atom is -0.360 e. The van der Waals surface area contributed by atoms with Gasteiger partial charge in [0.05, 0.1) is 0 Å². The van der Waals surface area contributed by atoms with Crippen molar-refractivity contribution < 1.29 is 34.3 Å². The minimum absolute atomic E-state index is 0. The van der Waals surface area contributed by atoms with E-state index >= 15 is 0 Å². The third-order valence-corrected chi connectivity index (χ3v) is 0.737. The van der Waals surface area contributed by atoms with E-state index in [0.29, 0.717) is 0 Å². The van der Waals surface area contributed by atoms with Crippen molar-refractivity contribution in [3.8, 4) is 6.07 Å². The summed E-state index contributed by atoms with van der Waals surface area (Å²) < 4.78 is 0. The van der Waals surface area contributed by atoms with Crippen molar-refractivity contribution in [1.29, 1.82) is 5.26 Å². The molecule has 1 fully saturated rings. The first-order valence-electron chi connectivity index (χ1n) is 2.19. The van der Waals surface area contributed by atoms with Crippen LogP contribution in [0.25, 0.3) is 5.53 Å². The molecule has 0 saturated carbocycles. The molecule has 8 heteroatoms. The van der Waals surface area contributed by atoms with Crippen molar-refractivity contribution in [2.45, 2.75) is 0 Å². The minimum atomic E-state index is -0.301. The van der Waals surface area contributed by atoms with E-state index in [0.717, 1.165) is 0 Å². The molecule has 0 aromatic carbocycles. The van der Waals surface area contributed by atoms with E-state index in [1.165, 1.54) is 0 Å². The number of nitriles is 1. The molecule has 1 heterocycles. The average molecular weight is 157 g/mol. The Kier molecular flexibility index (Phi) is 5.23. The maximum atomic E-state index is 8.22. The molecule has 1 aliphatic heterocycles. The summed E-state index contributed by atoms with van der Waals surface area (Å²) in [6.07, 6.45) is -0.0787. The molecule has 0 aromatic heterocycles. The Balaban J connectivity index is 0.000001000. The molecule has 0 bridgehead atoms. The molecule has 0 atom stereocenters. The van der Waals surface area contributed by atoms with Crippen LogP contribution in [0.2, 0.25) is 0 Å². The maximum absolute atomic E-state index is 8.22. The second kappa shape index (κ2) is 5.37. The summed E-state index contributed by atoms with van der Waals surface area (Å²) in [5.41, 5.74) is 20.5. The summed E-state index contributed by atoms with van der Waals surface area (Å²) in [6.45, 7) is 0. The molecule has 5 radical (unpaired) electrons. The van der Waals surface area contributed by atoms with Gasteiger partial charge in [-0.25, -0.2) is 0 Å². The van der Waals surface area contributed by atoms with Crippen LogP contribution in [0.4, 0.5) is 0 Å². The van der Waals surface area contributed by atoms with Gasteiger partial charge in [-0.05, 0) is 11.1 Å². The van der Waals surface area contributed by atoms with Gasteiger partial charge in [0, 0.05) is 0 Å². The Labute approximate surface area is 85.0 Å².